The van der Waals surface area contributed by atoms with E-state index in [2.05, 4.69) is 27.8 Å². The molecule has 0 unspecified atom stereocenters. The van der Waals surface area contributed by atoms with Crippen LogP contribution in [-0.2, 0) is 4.79 Å². The van der Waals surface area contributed by atoms with Crippen LogP contribution >= 0.6 is 15.9 Å². The number of amides is 2. The van der Waals surface area contributed by atoms with Crippen molar-refractivity contribution in [1.29, 1.82) is 0 Å². The first-order chi connectivity index (χ1) is 8.90. The van der Waals surface area contributed by atoms with Crippen molar-refractivity contribution >= 4 is 27.7 Å². The Morgan fingerprint density at radius 3 is 2.42 bits per heavy atom. The van der Waals surface area contributed by atoms with E-state index in [0.29, 0.717) is 12.1 Å². The molecule has 0 radical (unpaired) electrons. The highest BCUT2D eigenvalue weighted by atomic mass is 79.9. The van der Waals surface area contributed by atoms with Gasteiger partial charge in [-0.05, 0) is 31.2 Å². The van der Waals surface area contributed by atoms with Crippen molar-refractivity contribution in [2.45, 2.75) is 6.92 Å². The molecule has 19 heavy (non-hydrogen) atoms. The zero-order chi connectivity index (χ0) is 14.4. The summed E-state index contributed by atoms with van der Waals surface area (Å²) in [6.07, 6.45) is 0. The molecule has 0 heterocycles. The number of hydrogen-bond donors (Lipinski definition) is 1. The third-order valence-corrected chi connectivity index (χ3v) is 2.97. The number of nitrogens with zero attached hydrogens (tertiary/aromatic N) is 1. The smallest absolute Gasteiger partial charge is 0.251 e. The molecule has 1 aromatic rings. The summed E-state index contributed by atoms with van der Waals surface area (Å²) in [5, 5.41) is 2.60. The Morgan fingerprint density at radius 2 is 1.89 bits per heavy atom. The molecule has 5 heteroatoms. The van der Waals surface area contributed by atoms with Crippen molar-refractivity contribution in [3.63, 3.8) is 0 Å². The second-order valence-corrected chi connectivity index (χ2v) is 5.31. The van der Waals surface area contributed by atoms with Crippen LogP contribution in [-0.4, -0.2) is 36.9 Å². The summed E-state index contributed by atoms with van der Waals surface area (Å²) >= 11 is 3.30. The van der Waals surface area contributed by atoms with Gasteiger partial charge in [0.05, 0.1) is 6.54 Å². The Balaban J connectivity index is 2.48. The standard InChI is InChI=1S/C14H17BrN2O2/c1-10(2)9-17(3)13(18)8-16-14(19)11-4-6-12(15)7-5-11/h4-7H,1,8-9H2,2-3H3,(H,16,19). The molecule has 1 rings (SSSR count). The molecule has 1 N–H and O–H groups in total. The molecule has 0 aromatic heterocycles. The summed E-state index contributed by atoms with van der Waals surface area (Å²) in [6.45, 7) is 6.07. The summed E-state index contributed by atoms with van der Waals surface area (Å²) in [6, 6.07) is 6.96. The van der Waals surface area contributed by atoms with Crippen molar-refractivity contribution in [2.75, 3.05) is 20.1 Å². The molecule has 0 saturated carbocycles. The number of likely N-dealkylation sites (N-methyl/N-ethyl adjacent to an activating group) is 1. The molecule has 0 fully saturated rings. The first kappa shape index (κ1) is 15.4. The largest absolute Gasteiger partial charge is 0.343 e. The van der Waals surface area contributed by atoms with Crippen LogP contribution in [0.5, 0.6) is 0 Å². The van der Waals surface area contributed by atoms with E-state index < -0.39 is 0 Å². The summed E-state index contributed by atoms with van der Waals surface area (Å²) in [4.78, 5) is 25.1. The van der Waals surface area contributed by atoms with E-state index >= 15 is 0 Å². The Kier molecular flexibility index (Phi) is 5.76. The van der Waals surface area contributed by atoms with Crippen molar-refractivity contribution in [1.82, 2.24) is 10.2 Å². The summed E-state index contributed by atoms with van der Waals surface area (Å²) in [7, 11) is 1.68. The van der Waals surface area contributed by atoms with Crippen LogP contribution in [0.2, 0.25) is 0 Å². The SMILES string of the molecule is C=C(C)CN(C)C(=O)CNC(=O)c1ccc(Br)cc1. The summed E-state index contributed by atoms with van der Waals surface area (Å²) < 4.78 is 0.904. The number of halogens is 1. The van der Waals surface area contributed by atoms with E-state index in [4.69, 9.17) is 0 Å². The van der Waals surface area contributed by atoms with E-state index in [1.807, 2.05) is 6.92 Å². The monoisotopic (exact) mass is 324 g/mol. The number of hydrogen-bond acceptors (Lipinski definition) is 2. The fraction of sp³-hybridized carbons (Fsp3) is 0.286. The van der Waals surface area contributed by atoms with E-state index in [-0.39, 0.29) is 18.4 Å². The molecule has 0 aliphatic rings. The second kappa shape index (κ2) is 7.09. The van der Waals surface area contributed by atoms with Gasteiger partial charge in [0.15, 0.2) is 0 Å². The average Bonchev–Trinajstić information content (AvgIpc) is 2.35. The lowest BCUT2D eigenvalue weighted by Gasteiger charge is -2.17. The van der Waals surface area contributed by atoms with Gasteiger partial charge in [-0.2, -0.15) is 0 Å². The van der Waals surface area contributed by atoms with Gasteiger partial charge in [-0.3, -0.25) is 9.59 Å². The van der Waals surface area contributed by atoms with Gasteiger partial charge < -0.3 is 10.2 Å². The Morgan fingerprint density at radius 1 is 1.32 bits per heavy atom. The maximum atomic E-state index is 11.8. The maximum absolute atomic E-state index is 11.8. The van der Waals surface area contributed by atoms with Crippen molar-refractivity contribution in [3.05, 3.63) is 46.5 Å². The summed E-state index contributed by atoms with van der Waals surface area (Å²) in [5.74, 6) is -0.405. The third kappa shape index (κ3) is 5.26. The molecule has 1 aromatic carbocycles. The van der Waals surface area contributed by atoms with Gasteiger partial charge in [-0.15, -0.1) is 0 Å². The van der Waals surface area contributed by atoms with Crippen molar-refractivity contribution < 1.29 is 9.59 Å². The van der Waals surface area contributed by atoms with Gasteiger partial charge >= 0.3 is 0 Å². The van der Waals surface area contributed by atoms with Gasteiger partial charge in [-0.1, -0.05) is 28.1 Å². The fourth-order valence-electron chi connectivity index (χ4n) is 1.49. The molecule has 4 nitrogen and oxygen atoms in total. The lowest BCUT2D eigenvalue weighted by molar-refractivity contribution is -0.128. The number of carbonyl (C=O) groups is 2. The third-order valence-electron chi connectivity index (χ3n) is 2.44. The van der Waals surface area contributed by atoms with Gasteiger partial charge in [0, 0.05) is 23.6 Å². The van der Waals surface area contributed by atoms with Gasteiger partial charge in [0.2, 0.25) is 5.91 Å². The highest BCUT2D eigenvalue weighted by Crippen LogP contribution is 2.10. The van der Waals surface area contributed by atoms with Gasteiger partial charge in [0.1, 0.15) is 0 Å². The first-order valence-corrected chi connectivity index (χ1v) is 6.61. The van der Waals surface area contributed by atoms with Crippen molar-refractivity contribution in [2.24, 2.45) is 0 Å². The Hall–Kier alpha value is -1.62. The molecular formula is C14H17BrN2O2. The Bertz CT molecular complexity index is 483. The lowest BCUT2D eigenvalue weighted by atomic mass is 10.2. The zero-order valence-electron chi connectivity index (χ0n) is 11.1. The van der Waals surface area contributed by atoms with Gasteiger partial charge in [0.25, 0.3) is 5.91 Å². The minimum atomic E-state index is -0.260. The fourth-order valence-corrected chi connectivity index (χ4v) is 1.75. The quantitative estimate of drug-likeness (QED) is 0.844. The minimum absolute atomic E-state index is 0.0152. The predicted octanol–water partition coefficient (Wildman–Crippen LogP) is 2.21. The molecular weight excluding hydrogens is 308 g/mol. The van der Waals surface area contributed by atoms with Crippen LogP contribution in [0.3, 0.4) is 0 Å². The molecule has 0 aliphatic heterocycles. The molecule has 2 amide bonds. The van der Waals surface area contributed by atoms with Crippen LogP contribution < -0.4 is 5.32 Å². The zero-order valence-corrected chi connectivity index (χ0v) is 12.7. The van der Waals surface area contributed by atoms with E-state index in [1.165, 1.54) is 4.90 Å². The molecule has 0 aliphatic carbocycles. The van der Waals surface area contributed by atoms with Crippen LogP contribution in [0.25, 0.3) is 0 Å². The van der Waals surface area contributed by atoms with E-state index in [9.17, 15) is 9.59 Å². The predicted molar refractivity (Wildman–Crippen MR) is 78.9 cm³/mol. The number of nitrogens with one attached hydrogen (secondary N) is 1. The molecule has 0 saturated heterocycles. The number of benzene rings is 1. The number of rotatable bonds is 5. The van der Waals surface area contributed by atoms with E-state index in [0.717, 1.165) is 10.0 Å². The van der Waals surface area contributed by atoms with E-state index in [1.54, 1.807) is 31.3 Å². The number of carbonyl (C=O) groups excluding carboxylic acids is 2. The molecule has 102 valence electrons. The minimum Gasteiger partial charge on any atom is -0.343 e. The van der Waals surface area contributed by atoms with Crippen molar-refractivity contribution in [3.8, 4) is 0 Å². The molecule has 0 bridgehead atoms. The van der Waals surface area contributed by atoms with Crippen LogP contribution in [0.1, 0.15) is 17.3 Å². The maximum Gasteiger partial charge on any atom is 0.251 e. The highest BCUT2D eigenvalue weighted by Gasteiger charge is 2.11. The average molecular weight is 325 g/mol. The van der Waals surface area contributed by atoms with Crippen LogP contribution in [0.15, 0.2) is 40.9 Å². The summed E-state index contributed by atoms with van der Waals surface area (Å²) in [5.41, 5.74) is 1.42. The van der Waals surface area contributed by atoms with Crippen LogP contribution in [0, 0.1) is 0 Å². The molecule has 0 atom stereocenters. The normalized spacial score (nSPS) is 9.84. The van der Waals surface area contributed by atoms with Crippen LogP contribution in [0.4, 0.5) is 0 Å². The Labute approximate surface area is 121 Å². The molecule has 0 spiro atoms. The highest BCUT2D eigenvalue weighted by molar-refractivity contribution is 9.10. The second-order valence-electron chi connectivity index (χ2n) is 4.40. The topological polar surface area (TPSA) is 49.4 Å². The van der Waals surface area contributed by atoms with Gasteiger partial charge in [-0.25, -0.2) is 0 Å². The lowest BCUT2D eigenvalue weighted by Crippen LogP contribution is -2.38. The first-order valence-electron chi connectivity index (χ1n) is 5.82.